The lowest BCUT2D eigenvalue weighted by Crippen LogP contribution is -2.30. The van der Waals surface area contributed by atoms with E-state index in [1.165, 1.54) is 42.1 Å². The summed E-state index contributed by atoms with van der Waals surface area (Å²) in [4.78, 5) is 50.3. The van der Waals surface area contributed by atoms with Crippen LogP contribution in [0.1, 0.15) is 15.9 Å². The fraction of sp³-hybridized carbons (Fsp3) is 0.0333. The second-order valence-corrected chi connectivity index (χ2v) is 10.5. The molecule has 42 heavy (non-hydrogen) atoms. The molecule has 9 nitrogen and oxygen atoms in total. The van der Waals surface area contributed by atoms with Crippen LogP contribution in [0.2, 0.25) is 10.0 Å². The van der Waals surface area contributed by atoms with E-state index in [2.05, 4.69) is 16.0 Å². The van der Waals surface area contributed by atoms with E-state index in [1.807, 2.05) is 0 Å². The maximum Gasteiger partial charge on any atom is 0.276 e. The van der Waals surface area contributed by atoms with Gasteiger partial charge in [-0.3, -0.25) is 24.5 Å². The van der Waals surface area contributed by atoms with Crippen LogP contribution in [0.5, 0.6) is 0 Å². The highest BCUT2D eigenvalue weighted by Crippen LogP contribution is 2.27. The highest BCUT2D eigenvalue weighted by atomic mass is 35.5. The Hall–Kier alpha value is -4.64. The number of carbonyl (C=O) groups excluding carboxylic acids is 3. The molecule has 0 atom stereocenters. The molecular formula is C30H22Cl2N4O5S. The van der Waals surface area contributed by atoms with Crippen molar-refractivity contribution in [2.24, 2.45) is 0 Å². The van der Waals surface area contributed by atoms with Gasteiger partial charge in [-0.2, -0.15) is 0 Å². The van der Waals surface area contributed by atoms with Crippen LogP contribution >= 0.6 is 35.0 Å². The normalized spacial score (nSPS) is 11.0. The zero-order chi connectivity index (χ0) is 30.1. The summed E-state index contributed by atoms with van der Waals surface area (Å²) in [5, 5.41) is 20.3. The molecule has 0 saturated carbocycles. The van der Waals surface area contributed by atoms with Crippen molar-refractivity contribution in [3.8, 4) is 0 Å². The Morgan fingerprint density at radius 2 is 1.60 bits per heavy atom. The number of carbonyl (C=O) groups is 3. The molecule has 0 aliphatic heterocycles. The number of rotatable bonds is 10. The molecular weight excluding hydrogens is 599 g/mol. The van der Waals surface area contributed by atoms with Gasteiger partial charge >= 0.3 is 0 Å². The third kappa shape index (κ3) is 8.43. The molecule has 4 aromatic rings. The number of hydrogen-bond acceptors (Lipinski definition) is 6. The Morgan fingerprint density at radius 3 is 2.33 bits per heavy atom. The van der Waals surface area contributed by atoms with Crippen molar-refractivity contribution in [2.75, 3.05) is 16.4 Å². The number of amides is 3. The van der Waals surface area contributed by atoms with Crippen LogP contribution in [0.4, 0.5) is 17.1 Å². The largest absolute Gasteiger partial charge is 0.324 e. The predicted molar refractivity (Wildman–Crippen MR) is 166 cm³/mol. The summed E-state index contributed by atoms with van der Waals surface area (Å²) in [6.07, 6.45) is 1.25. The molecule has 12 heteroatoms. The Morgan fingerprint density at radius 1 is 0.857 bits per heavy atom. The van der Waals surface area contributed by atoms with Crippen molar-refractivity contribution in [1.82, 2.24) is 5.32 Å². The number of benzene rings is 4. The molecule has 0 heterocycles. The quantitative estimate of drug-likeness (QED) is 0.0754. The monoisotopic (exact) mass is 620 g/mol. The number of nitro benzene ring substituents is 1. The minimum absolute atomic E-state index is 0.0618. The summed E-state index contributed by atoms with van der Waals surface area (Å²) in [6, 6.07) is 25.6. The first-order valence-electron chi connectivity index (χ1n) is 12.3. The second-order valence-electron chi connectivity index (χ2n) is 8.64. The molecule has 4 aromatic carbocycles. The molecule has 0 bridgehead atoms. The van der Waals surface area contributed by atoms with Crippen molar-refractivity contribution >= 4 is 75.8 Å². The van der Waals surface area contributed by atoms with Gasteiger partial charge in [0.15, 0.2) is 0 Å². The van der Waals surface area contributed by atoms with Crippen LogP contribution in [-0.2, 0) is 9.59 Å². The highest BCUT2D eigenvalue weighted by Gasteiger charge is 2.18. The first kappa shape index (κ1) is 30.3. The molecule has 3 N–H and O–H groups in total. The van der Waals surface area contributed by atoms with Gasteiger partial charge in [-0.05, 0) is 60.7 Å². The summed E-state index contributed by atoms with van der Waals surface area (Å²) < 4.78 is 0. The van der Waals surface area contributed by atoms with Gasteiger partial charge in [-0.15, -0.1) is 11.8 Å². The number of para-hydroxylation sites is 1. The van der Waals surface area contributed by atoms with Crippen molar-refractivity contribution in [1.29, 1.82) is 0 Å². The van der Waals surface area contributed by atoms with Crippen LogP contribution in [0.25, 0.3) is 6.08 Å². The van der Waals surface area contributed by atoms with E-state index in [4.69, 9.17) is 23.2 Å². The van der Waals surface area contributed by atoms with Gasteiger partial charge < -0.3 is 16.0 Å². The molecule has 0 radical (unpaired) electrons. The van der Waals surface area contributed by atoms with E-state index in [0.29, 0.717) is 31.9 Å². The fourth-order valence-electron chi connectivity index (χ4n) is 3.66. The molecule has 0 saturated heterocycles. The van der Waals surface area contributed by atoms with Crippen LogP contribution < -0.4 is 16.0 Å². The van der Waals surface area contributed by atoms with Gasteiger partial charge in [0.1, 0.15) is 5.70 Å². The van der Waals surface area contributed by atoms with E-state index in [1.54, 1.807) is 72.8 Å². The minimum Gasteiger partial charge on any atom is -0.324 e. The zero-order valence-electron chi connectivity index (χ0n) is 21.7. The number of nitrogens with one attached hydrogen (secondary N) is 3. The molecule has 0 fully saturated rings. The number of halogens is 2. The van der Waals surface area contributed by atoms with E-state index in [9.17, 15) is 24.5 Å². The van der Waals surface area contributed by atoms with Gasteiger partial charge in [0.25, 0.3) is 17.5 Å². The zero-order valence-corrected chi connectivity index (χ0v) is 24.0. The number of nitrogens with zero attached hydrogens (tertiary/aromatic N) is 1. The van der Waals surface area contributed by atoms with Crippen molar-refractivity contribution in [3.63, 3.8) is 0 Å². The first-order valence-corrected chi connectivity index (χ1v) is 14.0. The summed E-state index contributed by atoms with van der Waals surface area (Å²) in [5.41, 5.74) is 0.827. The predicted octanol–water partition coefficient (Wildman–Crippen LogP) is 7.04. The Bertz CT molecular complexity index is 1680. The van der Waals surface area contributed by atoms with E-state index < -0.39 is 16.7 Å². The number of thioether (sulfide) groups is 1. The molecule has 0 aromatic heterocycles. The molecule has 0 unspecified atom stereocenters. The lowest BCUT2D eigenvalue weighted by molar-refractivity contribution is -0.385. The average molecular weight is 622 g/mol. The topological polar surface area (TPSA) is 130 Å². The lowest BCUT2D eigenvalue weighted by Gasteiger charge is -2.12. The Labute approximate surface area is 255 Å². The van der Waals surface area contributed by atoms with Gasteiger partial charge in [0.05, 0.1) is 26.9 Å². The molecule has 3 amide bonds. The summed E-state index contributed by atoms with van der Waals surface area (Å²) in [7, 11) is 0. The van der Waals surface area contributed by atoms with E-state index in [0.717, 1.165) is 0 Å². The first-order chi connectivity index (χ1) is 20.2. The smallest absolute Gasteiger partial charge is 0.276 e. The summed E-state index contributed by atoms with van der Waals surface area (Å²) >= 11 is 13.2. The van der Waals surface area contributed by atoms with Gasteiger partial charge in [0, 0.05) is 27.2 Å². The molecule has 0 aliphatic rings. The summed E-state index contributed by atoms with van der Waals surface area (Å²) in [6.45, 7) is 0. The maximum atomic E-state index is 13.3. The molecule has 4 rings (SSSR count). The average Bonchev–Trinajstić information content (AvgIpc) is 2.98. The van der Waals surface area contributed by atoms with Crippen LogP contribution in [0.3, 0.4) is 0 Å². The third-order valence-corrected chi connectivity index (χ3v) is 7.17. The summed E-state index contributed by atoms with van der Waals surface area (Å²) in [5.74, 6) is -1.50. The molecule has 0 aliphatic carbocycles. The van der Waals surface area contributed by atoms with Gasteiger partial charge in [0.2, 0.25) is 5.91 Å². The number of anilines is 2. The van der Waals surface area contributed by atoms with Crippen molar-refractivity contribution < 1.29 is 19.3 Å². The van der Waals surface area contributed by atoms with Crippen LogP contribution in [0, 0.1) is 10.1 Å². The molecule has 212 valence electrons. The SMILES string of the molecule is O=C(CSc1cccc(NC(=O)/C(=C\c2ccccc2[N+](=O)[O-])NC(=O)c2ccccc2)c1)Nc1ccc(Cl)cc1Cl. The molecule has 0 spiro atoms. The fourth-order valence-corrected chi connectivity index (χ4v) is 4.87. The van der Waals surface area contributed by atoms with E-state index in [-0.39, 0.29) is 28.6 Å². The number of hydrogen-bond donors (Lipinski definition) is 3. The van der Waals surface area contributed by atoms with Crippen molar-refractivity contribution in [2.45, 2.75) is 4.90 Å². The van der Waals surface area contributed by atoms with Crippen molar-refractivity contribution in [3.05, 3.63) is 134 Å². The Balaban J connectivity index is 1.50. The number of nitro groups is 1. The van der Waals surface area contributed by atoms with Crippen LogP contribution in [-0.4, -0.2) is 28.4 Å². The second kappa shape index (κ2) is 14.3. The highest BCUT2D eigenvalue weighted by molar-refractivity contribution is 8.00. The van der Waals surface area contributed by atoms with Gasteiger partial charge in [-0.1, -0.05) is 59.6 Å². The Kier molecular flexibility index (Phi) is 10.3. The lowest BCUT2D eigenvalue weighted by atomic mass is 10.1. The maximum absolute atomic E-state index is 13.3. The van der Waals surface area contributed by atoms with Gasteiger partial charge in [-0.25, -0.2) is 0 Å². The standard InChI is InChI=1S/C30H22Cl2N4O5S/c31-21-13-14-25(24(32)16-21)34-28(37)18-42-23-11-6-10-22(17-23)33-30(39)26(35-29(38)19-7-2-1-3-8-19)15-20-9-4-5-12-27(20)36(40)41/h1-17H,18H2,(H,33,39)(H,34,37)(H,35,38)/b26-15+. The van der Waals surface area contributed by atoms with E-state index >= 15 is 0 Å². The third-order valence-electron chi connectivity index (χ3n) is 5.63. The van der Waals surface area contributed by atoms with Crippen LogP contribution in [0.15, 0.2) is 108 Å². The minimum atomic E-state index is -0.699.